The summed E-state index contributed by atoms with van der Waals surface area (Å²) in [5.41, 5.74) is 4.20. The van der Waals surface area contributed by atoms with Crippen molar-refractivity contribution in [3.05, 3.63) is 72.1 Å². The molecule has 32 heavy (non-hydrogen) atoms. The zero-order chi connectivity index (χ0) is 21.9. The zero-order valence-electron chi connectivity index (χ0n) is 18.4. The Labute approximate surface area is 188 Å². The van der Waals surface area contributed by atoms with E-state index in [0.717, 1.165) is 54.7 Å². The molecule has 0 radical (unpaired) electrons. The van der Waals surface area contributed by atoms with Gasteiger partial charge in [-0.3, -0.25) is 4.98 Å². The lowest BCUT2D eigenvalue weighted by molar-refractivity contribution is 0.0948. The van der Waals surface area contributed by atoms with Crippen molar-refractivity contribution in [2.45, 2.75) is 31.5 Å². The third kappa shape index (κ3) is 4.48. The lowest BCUT2D eigenvalue weighted by atomic mass is 10.0. The summed E-state index contributed by atoms with van der Waals surface area (Å²) < 4.78 is 5.36. The average Bonchev–Trinajstić information content (AvgIpc) is 3.26. The second-order valence-electron chi connectivity index (χ2n) is 8.64. The maximum Gasteiger partial charge on any atom is 0.119 e. The number of para-hydroxylation sites is 1. The van der Waals surface area contributed by atoms with Gasteiger partial charge in [-0.15, -0.1) is 0 Å². The van der Waals surface area contributed by atoms with Crippen molar-refractivity contribution in [3.8, 4) is 5.75 Å². The number of H-pyrrole nitrogens is 1. The first-order valence-electron chi connectivity index (χ1n) is 11.3. The third-order valence-electron chi connectivity index (χ3n) is 6.53. The van der Waals surface area contributed by atoms with Gasteiger partial charge in [-0.05, 0) is 73.3 Å². The maximum absolute atomic E-state index is 11.0. The van der Waals surface area contributed by atoms with Crippen molar-refractivity contribution in [2.75, 3.05) is 26.7 Å². The number of rotatable bonds is 7. The number of aliphatic hydroxyl groups is 1. The Kier molecular flexibility index (Phi) is 6.08. The molecule has 5 rings (SSSR count). The van der Waals surface area contributed by atoms with Gasteiger partial charge in [0.1, 0.15) is 5.75 Å². The fraction of sp³-hybridized carbons (Fsp3) is 0.346. The number of methoxy groups -OCH3 is 1. The van der Waals surface area contributed by atoms with Crippen LogP contribution in [0.5, 0.6) is 5.75 Å². The summed E-state index contributed by atoms with van der Waals surface area (Å²) in [6.07, 6.45) is 3.38. The van der Waals surface area contributed by atoms with Crippen LogP contribution in [0.2, 0.25) is 0 Å². The molecule has 0 saturated carbocycles. The zero-order valence-corrected chi connectivity index (χ0v) is 18.4. The molecule has 6 heteroatoms. The molecule has 3 N–H and O–H groups in total. The SMILES string of the molecule is COc1ccc2nccc([C@@H](O)CN3CCC(NCc4cc5ccccc5[nH]4)CC3)c2c1. The second kappa shape index (κ2) is 9.28. The number of aromatic nitrogens is 2. The van der Waals surface area contributed by atoms with Gasteiger partial charge in [-0.2, -0.15) is 0 Å². The van der Waals surface area contributed by atoms with E-state index in [1.54, 1.807) is 13.3 Å². The number of pyridine rings is 1. The molecule has 1 aliphatic heterocycles. The molecule has 0 spiro atoms. The number of nitrogens with zero attached hydrogens (tertiary/aromatic N) is 2. The molecular weight excluding hydrogens is 400 g/mol. The number of nitrogens with one attached hydrogen (secondary N) is 2. The summed E-state index contributed by atoms with van der Waals surface area (Å²) in [6, 6.07) is 18.8. The molecule has 3 heterocycles. The fourth-order valence-corrected chi connectivity index (χ4v) is 4.71. The van der Waals surface area contributed by atoms with E-state index in [1.807, 2.05) is 24.3 Å². The van der Waals surface area contributed by atoms with Crippen LogP contribution < -0.4 is 10.1 Å². The van der Waals surface area contributed by atoms with Crippen molar-refractivity contribution in [1.82, 2.24) is 20.2 Å². The summed E-state index contributed by atoms with van der Waals surface area (Å²) in [4.78, 5) is 10.3. The highest BCUT2D eigenvalue weighted by Gasteiger charge is 2.22. The highest BCUT2D eigenvalue weighted by Crippen LogP contribution is 2.28. The average molecular weight is 431 g/mol. The third-order valence-corrected chi connectivity index (χ3v) is 6.53. The standard InChI is InChI=1S/C26H30N4O2/c1-32-21-6-7-25-23(15-21)22(8-11-27-25)26(31)17-30-12-9-19(10-13-30)28-16-20-14-18-4-2-3-5-24(18)29-20/h2-8,11,14-15,19,26,28-29,31H,9-10,12-13,16-17H2,1H3/t26-/m0/s1. The Hall–Kier alpha value is -2.93. The van der Waals surface area contributed by atoms with Crippen LogP contribution in [0.15, 0.2) is 60.8 Å². The number of benzene rings is 2. The predicted octanol–water partition coefficient (Wildman–Crippen LogP) is 4.01. The van der Waals surface area contributed by atoms with Crippen molar-refractivity contribution < 1.29 is 9.84 Å². The molecule has 166 valence electrons. The van der Waals surface area contributed by atoms with E-state index in [0.29, 0.717) is 12.6 Å². The number of fused-ring (bicyclic) bond motifs is 2. The van der Waals surface area contributed by atoms with Crippen molar-refractivity contribution in [2.24, 2.45) is 0 Å². The molecule has 2 aromatic heterocycles. The van der Waals surface area contributed by atoms with Crippen LogP contribution >= 0.6 is 0 Å². The van der Waals surface area contributed by atoms with E-state index in [-0.39, 0.29) is 0 Å². The number of likely N-dealkylation sites (tertiary alicyclic amines) is 1. The van der Waals surface area contributed by atoms with Crippen LogP contribution in [-0.2, 0) is 6.54 Å². The van der Waals surface area contributed by atoms with Gasteiger partial charge in [0.05, 0.1) is 18.7 Å². The van der Waals surface area contributed by atoms with Gasteiger partial charge in [0.2, 0.25) is 0 Å². The normalized spacial score (nSPS) is 16.6. The van der Waals surface area contributed by atoms with Crippen LogP contribution in [0.3, 0.4) is 0 Å². The molecule has 2 aromatic carbocycles. The van der Waals surface area contributed by atoms with E-state index in [1.165, 1.54) is 16.6 Å². The molecule has 0 amide bonds. The minimum absolute atomic E-state index is 0.501. The Morgan fingerprint density at radius 2 is 2.00 bits per heavy atom. The van der Waals surface area contributed by atoms with Gasteiger partial charge in [-0.1, -0.05) is 18.2 Å². The molecular formula is C26H30N4O2. The van der Waals surface area contributed by atoms with Gasteiger partial charge in [0.25, 0.3) is 0 Å². The second-order valence-corrected chi connectivity index (χ2v) is 8.64. The molecule has 1 aliphatic rings. The van der Waals surface area contributed by atoms with Gasteiger partial charge in [-0.25, -0.2) is 0 Å². The molecule has 1 fully saturated rings. The maximum atomic E-state index is 11.0. The Morgan fingerprint density at radius 1 is 1.16 bits per heavy atom. The molecule has 1 saturated heterocycles. The minimum Gasteiger partial charge on any atom is -0.497 e. The van der Waals surface area contributed by atoms with E-state index >= 15 is 0 Å². The summed E-state index contributed by atoms with van der Waals surface area (Å²) in [5.74, 6) is 0.779. The topological polar surface area (TPSA) is 73.4 Å². The van der Waals surface area contributed by atoms with Crippen LogP contribution in [0, 0.1) is 0 Å². The molecule has 6 nitrogen and oxygen atoms in total. The number of aromatic amines is 1. The minimum atomic E-state index is -0.552. The highest BCUT2D eigenvalue weighted by atomic mass is 16.5. The van der Waals surface area contributed by atoms with Gasteiger partial charge >= 0.3 is 0 Å². The summed E-state index contributed by atoms with van der Waals surface area (Å²) >= 11 is 0. The smallest absolute Gasteiger partial charge is 0.119 e. The van der Waals surface area contributed by atoms with Crippen LogP contribution in [0.1, 0.15) is 30.2 Å². The van der Waals surface area contributed by atoms with Gasteiger partial charge in [0, 0.05) is 41.9 Å². The van der Waals surface area contributed by atoms with Crippen molar-refractivity contribution in [3.63, 3.8) is 0 Å². The van der Waals surface area contributed by atoms with Crippen molar-refractivity contribution in [1.29, 1.82) is 0 Å². The van der Waals surface area contributed by atoms with E-state index < -0.39 is 6.10 Å². The number of hydrogen-bond donors (Lipinski definition) is 3. The highest BCUT2D eigenvalue weighted by molar-refractivity contribution is 5.84. The Bertz CT molecular complexity index is 1160. The number of piperidine rings is 1. The number of aliphatic hydroxyl groups excluding tert-OH is 1. The van der Waals surface area contributed by atoms with Gasteiger partial charge in [0.15, 0.2) is 0 Å². The van der Waals surface area contributed by atoms with E-state index in [4.69, 9.17) is 4.74 Å². The Balaban J connectivity index is 1.16. The predicted molar refractivity (Wildman–Crippen MR) is 128 cm³/mol. The van der Waals surface area contributed by atoms with Crippen LogP contribution in [0.4, 0.5) is 0 Å². The van der Waals surface area contributed by atoms with Crippen LogP contribution in [0.25, 0.3) is 21.8 Å². The molecule has 0 bridgehead atoms. The Morgan fingerprint density at radius 3 is 2.81 bits per heavy atom. The number of hydrogen-bond acceptors (Lipinski definition) is 5. The first-order valence-corrected chi connectivity index (χ1v) is 11.3. The first-order chi connectivity index (χ1) is 15.7. The lowest BCUT2D eigenvalue weighted by Gasteiger charge is -2.33. The first kappa shape index (κ1) is 20.9. The van der Waals surface area contributed by atoms with Gasteiger partial charge < -0.3 is 25.0 Å². The van der Waals surface area contributed by atoms with E-state index in [2.05, 4.69) is 50.5 Å². The number of ether oxygens (including phenoxy) is 1. The number of β-amino-alcohol motifs (C(OH)–C–C–N with tert-alkyl or cyclic N) is 1. The largest absolute Gasteiger partial charge is 0.497 e. The monoisotopic (exact) mass is 430 g/mol. The summed E-state index contributed by atoms with van der Waals surface area (Å²) in [6.45, 7) is 3.44. The summed E-state index contributed by atoms with van der Waals surface area (Å²) in [7, 11) is 1.66. The lowest BCUT2D eigenvalue weighted by Crippen LogP contribution is -2.43. The summed E-state index contributed by atoms with van der Waals surface area (Å²) in [5, 5.41) is 16.9. The van der Waals surface area contributed by atoms with E-state index in [9.17, 15) is 5.11 Å². The molecule has 4 aromatic rings. The van der Waals surface area contributed by atoms with Crippen molar-refractivity contribution >= 4 is 21.8 Å². The fourth-order valence-electron chi connectivity index (χ4n) is 4.71. The molecule has 0 unspecified atom stereocenters. The molecule has 1 atom stereocenters. The quantitative estimate of drug-likeness (QED) is 0.413. The molecule has 0 aliphatic carbocycles. The van der Waals surface area contributed by atoms with Crippen LogP contribution in [-0.4, -0.2) is 52.8 Å².